The predicted octanol–water partition coefficient (Wildman–Crippen LogP) is 3.34. The first kappa shape index (κ1) is 18.9. The number of ether oxygens (including phenoxy) is 3. The van der Waals surface area contributed by atoms with Gasteiger partial charge in [-0.15, -0.1) is 0 Å². The Balaban J connectivity index is 2.64. The van der Waals surface area contributed by atoms with Crippen molar-refractivity contribution in [2.75, 3.05) is 26.1 Å². The van der Waals surface area contributed by atoms with Crippen LogP contribution in [0.3, 0.4) is 0 Å². The van der Waals surface area contributed by atoms with Gasteiger partial charge in [0.2, 0.25) is 0 Å². The zero-order chi connectivity index (χ0) is 17.6. The van der Waals surface area contributed by atoms with Crippen molar-refractivity contribution in [2.24, 2.45) is 0 Å². The fourth-order valence-electron chi connectivity index (χ4n) is 2.00. The molecule has 1 aromatic rings. The molecule has 0 aliphatic rings. The molecule has 0 fully saturated rings. The second-order valence-corrected chi connectivity index (χ2v) is 6.45. The molecule has 0 radical (unpaired) electrons. The number of benzene rings is 1. The van der Waals surface area contributed by atoms with E-state index in [1.807, 2.05) is 46.8 Å². The minimum atomic E-state index is -0.499. The maximum Gasteiger partial charge on any atom is 0.407 e. The Hall–Kier alpha value is -2.11. The lowest BCUT2D eigenvalue weighted by Crippen LogP contribution is -2.38. The van der Waals surface area contributed by atoms with Crippen LogP contribution in [0.25, 0.3) is 0 Å². The minimum Gasteiger partial charge on any atom is -0.493 e. The molecule has 0 saturated carbocycles. The molecule has 0 bridgehead atoms. The first-order chi connectivity index (χ1) is 10.7. The quantitative estimate of drug-likeness (QED) is 0.840. The van der Waals surface area contributed by atoms with E-state index in [1.165, 1.54) is 0 Å². The van der Waals surface area contributed by atoms with Crippen molar-refractivity contribution >= 4 is 11.8 Å². The first-order valence-electron chi connectivity index (χ1n) is 7.62. The molecule has 6 nitrogen and oxygen atoms in total. The lowest BCUT2D eigenvalue weighted by atomic mass is 10.1. The van der Waals surface area contributed by atoms with Crippen molar-refractivity contribution in [3.8, 4) is 11.5 Å². The molecule has 0 aliphatic heterocycles. The van der Waals surface area contributed by atoms with Gasteiger partial charge in [-0.05, 0) is 46.2 Å². The molecule has 1 amide bonds. The normalized spacial score (nSPS) is 12.3. The number of alkyl carbamates (subject to hydrolysis) is 1. The summed E-state index contributed by atoms with van der Waals surface area (Å²) < 4.78 is 15.8. The standard InChI is InChI=1S/C17H28N2O4/c1-11-8-14(21-6)15(22-7)9-13(11)19-12(2)10-18-16(20)23-17(3,4)5/h8-9,12,19H,10H2,1-7H3,(H,18,20). The topological polar surface area (TPSA) is 68.8 Å². The summed E-state index contributed by atoms with van der Waals surface area (Å²) in [4.78, 5) is 11.7. The van der Waals surface area contributed by atoms with Crippen LogP contribution in [0, 0.1) is 6.92 Å². The van der Waals surface area contributed by atoms with Gasteiger partial charge in [-0.25, -0.2) is 4.79 Å². The summed E-state index contributed by atoms with van der Waals surface area (Å²) in [5, 5.41) is 6.10. The molecule has 1 atom stereocenters. The van der Waals surface area contributed by atoms with Gasteiger partial charge in [0.1, 0.15) is 5.60 Å². The molecule has 1 rings (SSSR count). The monoisotopic (exact) mass is 324 g/mol. The van der Waals surface area contributed by atoms with Crippen LogP contribution in [-0.4, -0.2) is 38.5 Å². The molecule has 1 aromatic carbocycles. The number of aryl methyl sites for hydroxylation is 1. The Morgan fingerprint density at radius 3 is 2.26 bits per heavy atom. The summed E-state index contributed by atoms with van der Waals surface area (Å²) >= 11 is 0. The molecule has 23 heavy (non-hydrogen) atoms. The molecule has 2 N–H and O–H groups in total. The Morgan fingerprint density at radius 1 is 1.17 bits per heavy atom. The van der Waals surface area contributed by atoms with Crippen LogP contribution < -0.4 is 20.1 Å². The number of hydrogen-bond donors (Lipinski definition) is 2. The van der Waals surface area contributed by atoms with Crippen LogP contribution in [0.15, 0.2) is 12.1 Å². The molecule has 1 unspecified atom stereocenters. The van der Waals surface area contributed by atoms with Crippen molar-refractivity contribution < 1.29 is 19.0 Å². The maximum atomic E-state index is 11.7. The van der Waals surface area contributed by atoms with E-state index in [0.29, 0.717) is 18.0 Å². The third-order valence-electron chi connectivity index (χ3n) is 3.08. The molecule has 0 saturated heterocycles. The Morgan fingerprint density at radius 2 is 1.74 bits per heavy atom. The van der Waals surface area contributed by atoms with E-state index in [1.54, 1.807) is 14.2 Å². The summed E-state index contributed by atoms with van der Waals surface area (Å²) in [5.74, 6) is 1.35. The molecular weight excluding hydrogens is 296 g/mol. The molecule has 0 aliphatic carbocycles. The maximum absolute atomic E-state index is 11.7. The molecule has 130 valence electrons. The Labute approximate surface area is 138 Å². The van der Waals surface area contributed by atoms with E-state index in [9.17, 15) is 4.79 Å². The van der Waals surface area contributed by atoms with Gasteiger partial charge in [-0.2, -0.15) is 0 Å². The predicted molar refractivity (Wildman–Crippen MR) is 91.6 cm³/mol. The average Bonchev–Trinajstić information content (AvgIpc) is 2.45. The summed E-state index contributed by atoms with van der Waals surface area (Å²) in [6.07, 6.45) is -0.421. The molecule has 0 heterocycles. The van der Waals surface area contributed by atoms with Gasteiger partial charge < -0.3 is 24.8 Å². The lowest BCUT2D eigenvalue weighted by molar-refractivity contribution is 0.0526. The van der Waals surface area contributed by atoms with Crippen molar-refractivity contribution in [1.29, 1.82) is 0 Å². The van der Waals surface area contributed by atoms with E-state index in [4.69, 9.17) is 14.2 Å². The third kappa shape index (κ3) is 6.26. The highest BCUT2D eigenvalue weighted by molar-refractivity contribution is 5.68. The van der Waals surface area contributed by atoms with Gasteiger partial charge in [0, 0.05) is 24.3 Å². The number of hydrogen-bond acceptors (Lipinski definition) is 5. The third-order valence-corrected chi connectivity index (χ3v) is 3.08. The first-order valence-corrected chi connectivity index (χ1v) is 7.62. The Bertz CT molecular complexity index is 538. The SMILES string of the molecule is COc1cc(C)c(NC(C)CNC(=O)OC(C)(C)C)cc1OC. The van der Waals surface area contributed by atoms with Crippen molar-refractivity contribution in [3.63, 3.8) is 0 Å². The van der Waals surface area contributed by atoms with E-state index < -0.39 is 11.7 Å². The number of methoxy groups -OCH3 is 2. The van der Waals surface area contributed by atoms with Crippen LogP contribution in [0.4, 0.5) is 10.5 Å². The highest BCUT2D eigenvalue weighted by Crippen LogP contribution is 2.33. The molecular formula is C17H28N2O4. The second kappa shape index (κ2) is 7.94. The van der Waals surface area contributed by atoms with Crippen molar-refractivity contribution in [1.82, 2.24) is 5.32 Å². The zero-order valence-corrected chi connectivity index (χ0v) is 15.1. The van der Waals surface area contributed by atoms with Crippen molar-refractivity contribution in [3.05, 3.63) is 17.7 Å². The highest BCUT2D eigenvalue weighted by atomic mass is 16.6. The fourth-order valence-corrected chi connectivity index (χ4v) is 2.00. The van der Waals surface area contributed by atoms with Crippen LogP contribution in [-0.2, 0) is 4.74 Å². The molecule has 6 heteroatoms. The number of anilines is 1. The van der Waals surface area contributed by atoms with Crippen molar-refractivity contribution in [2.45, 2.75) is 46.3 Å². The van der Waals surface area contributed by atoms with Crippen LogP contribution in [0.5, 0.6) is 11.5 Å². The molecule has 0 aromatic heterocycles. The number of carbonyl (C=O) groups excluding carboxylic acids is 1. The van der Waals surface area contributed by atoms with Crippen LogP contribution >= 0.6 is 0 Å². The number of rotatable bonds is 6. The van der Waals surface area contributed by atoms with E-state index >= 15 is 0 Å². The minimum absolute atomic E-state index is 0.0271. The molecule has 0 spiro atoms. The van der Waals surface area contributed by atoms with Gasteiger partial charge in [-0.1, -0.05) is 0 Å². The summed E-state index contributed by atoms with van der Waals surface area (Å²) in [6.45, 7) is 9.91. The number of nitrogens with one attached hydrogen (secondary N) is 2. The van der Waals surface area contributed by atoms with Gasteiger partial charge in [0.25, 0.3) is 0 Å². The smallest absolute Gasteiger partial charge is 0.407 e. The van der Waals surface area contributed by atoms with Crippen LogP contribution in [0.1, 0.15) is 33.3 Å². The number of amides is 1. The average molecular weight is 324 g/mol. The lowest BCUT2D eigenvalue weighted by Gasteiger charge is -2.22. The van der Waals surface area contributed by atoms with E-state index in [2.05, 4.69) is 10.6 Å². The number of carbonyl (C=O) groups is 1. The second-order valence-electron chi connectivity index (χ2n) is 6.45. The summed E-state index contributed by atoms with van der Waals surface area (Å²) in [6, 6.07) is 3.83. The van der Waals surface area contributed by atoms with Crippen LogP contribution in [0.2, 0.25) is 0 Å². The van der Waals surface area contributed by atoms with Gasteiger partial charge in [0.15, 0.2) is 11.5 Å². The zero-order valence-electron chi connectivity index (χ0n) is 15.1. The van der Waals surface area contributed by atoms with Gasteiger partial charge >= 0.3 is 6.09 Å². The van der Waals surface area contributed by atoms with E-state index in [0.717, 1.165) is 11.3 Å². The van der Waals surface area contributed by atoms with Gasteiger partial charge in [-0.3, -0.25) is 0 Å². The van der Waals surface area contributed by atoms with E-state index in [-0.39, 0.29) is 6.04 Å². The largest absolute Gasteiger partial charge is 0.493 e. The summed E-state index contributed by atoms with van der Waals surface area (Å²) in [7, 11) is 3.21. The Kier molecular flexibility index (Phi) is 6.54. The van der Waals surface area contributed by atoms with Gasteiger partial charge in [0.05, 0.1) is 14.2 Å². The highest BCUT2D eigenvalue weighted by Gasteiger charge is 2.17. The summed E-state index contributed by atoms with van der Waals surface area (Å²) in [5.41, 5.74) is 1.47. The fraction of sp³-hybridized carbons (Fsp3) is 0.588.